The molecule has 0 aliphatic carbocycles. The van der Waals surface area contributed by atoms with Crippen LogP contribution in [0.3, 0.4) is 0 Å². The number of nitrogens with zero attached hydrogens (tertiary/aromatic N) is 2. The average Bonchev–Trinajstić information content (AvgIpc) is 2.70. The van der Waals surface area contributed by atoms with E-state index in [1.165, 1.54) is 11.8 Å². The van der Waals surface area contributed by atoms with E-state index in [0.717, 1.165) is 41.2 Å². The molecule has 0 radical (unpaired) electrons. The molecule has 2 aliphatic rings. The first-order valence-corrected chi connectivity index (χ1v) is 11.3. The van der Waals surface area contributed by atoms with Crippen LogP contribution in [-0.2, 0) is 4.79 Å². The molecular weight excluding hydrogens is 392 g/mol. The summed E-state index contributed by atoms with van der Waals surface area (Å²) in [5.74, 6) is 1.05. The van der Waals surface area contributed by atoms with Crippen molar-refractivity contribution in [1.82, 2.24) is 4.90 Å². The second-order valence-corrected chi connectivity index (χ2v) is 9.81. The maximum absolute atomic E-state index is 13.1. The topological polar surface area (TPSA) is 40.6 Å². The molecule has 0 saturated carbocycles. The zero-order chi connectivity index (χ0) is 21.4. The number of likely N-dealkylation sites (tertiary alicyclic amines) is 1. The standard InChI is InChI=1S/C25H28N2O2S/c1-16-6-5-7-19(11-16)12-23-25(29)26(4)21-13-20(8-9-22(21)30-23)24(28)27-14-17(2)10-18(3)15-27/h5-9,11-13,17-18H,10,14-15H2,1-4H3/b23-12-/t17-,18+. The number of carbonyl (C=O) groups is 2. The minimum Gasteiger partial charge on any atom is -0.338 e. The summed E-state index contributed by atoms with van der Waals surface area (Å²) in [6.45, 7) is 8.05. The molecule has 5 heteroatoms. The van der Waals surface area contributed by atoms with E-state index in [-0.39, 0.29) is 11.8 Å². The Kier molecular flexibility index (Phi) is 5.74. The fourth-order valence-corrected chi connectivity index (χ4v) is 5.54. The lowest BCUT2D eigenvalue weighted by Crippen LogP contribution is -2.42. The van der Waals surface area contributed by atoms with Gasteiger partial charge in [-0.2, -0.15) is 0 Å². The number of fused-ring (bicyclic) bond motifs is 1. The number of benzene rings is 2. The number of amides is 2. The number of hydrogen-bond donors (Lipinski definition) is 0. The summed E-state index contributed by atoms with van der Waals surface area (Å²) in [6, 6.07) is 13.8. The Morgan fingerprint density at radius 1 is 1.10 bits per heavy atom. The van der Waals surface area contributed by atoms with Gasteiger partial charge in [-0.1, -0.05) is 55.4 Å². The minimum absolute atomic E-state index is 0.0428. The van der Waals surface area contributed by atoms with Crippen molar-refractivity contribution in [3.63, 3.8) is 0 Å². The summed E-state index contributed by atoms with van der Waals surface area (Å²) >= 11 is 1.47. The molecule has 2 aliphatic heterocycles. The van der Waals surface area contributed by atoms with E-state index in [1.54, 1.807) is 11.9 Å². The van der Waals surface area contributed by atoms with Crippen molar-refractivity contribution >= 4 is 35.3 Å². The molecule has 0 N–H and O–H groups in total. The first-order chi connectivity index (χ1) is 14.3. The van der Waals surface area contributed by atoms with Crippen LogP contribution in [0, 0.1) is 18.8 Å². The molecule has 1 fully saturated rings. The summed E-state index contributed by atoms with van der Waals surface area (Å²) < 4.78 is 0. The molecule has 0 aromatic heterocycles. The van der Waals surface area contributed by atoms with Crippen LogP contribution >= 0.6 is 11.8 Å². The maximum Gasteiger partial charge on any atom is 0.264 e. The maximum atomic E-state index is 13.1. The third-order valence-corrected chi connectivity index (χ3v) is 6.88. The van der Waals surface area contributed by atoms with Crippen LogP contribution in [0.4, 0.5) is 5.69 Å². The van der Waals surface area contributed by atoms with Crippen LogP contribution < -0.4 is 4.90 Å². The van der Waals surface area contributed by atoms with Gasteiger partial charge in [0.25, 0.3) is 11.8 Å². The normalized spacial score (nSPS) is 22.9. The Morgan fingerprint density at radius 3 is 2.53 bits per heavy atom. The highest BCUT2D eigenvalue weighted by Gasteiger charge is 2.30. The number of rotatable bonds is 2. The molecular formula is C25H28N2O2S. The largest absolute Gasteiger partial charge is 0.338 e. The zero-order valence-electron chi connectivity index (χ0n) is 18.0. The molecule has 2 amide bonds. The molecule has 2 atom stereocenters. The van der Waals surface area contributed by atoms with Crippen LogP contribution in [0.1, 0.15) is 41.8 Å². The molecule has 2 heterocycles. The van der Waals surface area contributed by atoms with Crippen molar-refractivity contribution in [1.29, 1.82) is 0 Å². The Hall–Kier alpha value is -2.53. The highest BCUT2D eigenvalue weighted by Crippen LogP contribution is 2.42. The van der Waals surface area contributed by atoms with Gasteiger partial charge in [-0.25, -0.2) is 0 Å². The van der Waals surface area contributed by atoms with Gasteiger partial charge in [0.2, 0.25) is 0 Å². The van der Waals surface area contributed by atoms with Crippen molar-refractivity contribution in [2.24, 2.45) is 11.8 Å². The number of anilines is 1. The summed E-state index contributed by atoms with van der Waals surface area (Å²) in [4.78, 5) is 31.4. The van der Waals surface area contributed by atoms with E-state index in [0.29, 0.717) is 22.3 Å². The van der Waals surface area contributed by atoms with Crippen LogP contribution in [0.15, 0.2) is 52.3 Å². The molecule has 0 spiro atoms. The van der Waals surface area contributed by atoms with Gasteiger partial charge in [0, 0.05) is 30.6 Å². The fourth-order valence-electron chi connectivity index (χ4n) is 4.45. The van der Waals surface area contributed by atoms with Crippen molar-refractivity contribution in [3.05, 3.63) is 64.1 Å². The number of likely N-dealkylation sites (N-methyl/N-ethyl adjacent to an activating group) is 1. The SMILES string of the molecule is Cc1cccc(/C=C2\Sc3ccc(C(=O)N4C[C@H](C)C[C@H](C)C4)cc3N(C)C2=O)c1. The van der Waals surface area contributed by atoms with E-state index in [2.05, 4.69) is 19.9 Å². The van der Waals surface area contributed by atoms with Crippen LogP contribution in [0.5, 0.6) is 0 Å². The third kappa shape index (κ3) is 4.17. The molecule has 1 saturated heterocycles. The molecule has 2 aromatic carbocycles. The summed E-state index contributed by atoms with van der Waals surface area (Å²) in [7, 11) is 1.78. The summed E-state index contributed by atoms with van der Waals surface area (Å²) in [5, 5.41) is 0. The van der Waals surface area contributed by atoms with Crippen molar-refractivity contribution in [2.45, 2.75) is 32.1 Å². The van der Waals surface area contributed by atoms with Crippen molar-refractivity contribution < 1.29 is 9.59 Å². The average molecular weight is 421 g/mol. The van der Waals surface area contributed by atoms with E-state index < -0.39 is 0 Å². The van der Waals surface area contributed by atoms with Crippen molar-refractivity contribution in [2.75, 3.05) is 25.0 Å². The Morgan fingerprint density at radius 2 is 1.83 bits per heavy atom. The van der Waals surface area contributed by atoms with E-state index in [4.69, 9.17) is 0 Å². The van der Waals surface area contributed by atoms with Gasteiger partial charge in [-0.05, 0) is 55.0 Å². The second kappa shape index (κ2) is 8.31. The first-order valence-electron chi connectivity index (χ1n) is 10.5. The lowest BCUT2D eigenvalue weighted by atomic mass is 9.91. The molecule has 30 heavy (non-hydrogen) atoms. The van der Waals surface area contributed by atoms with Gasteiger partial charge in [-0.3, -0.25) is 9.59 Å². The van der Waals surface area contributed by atoms with Crippen LogP contribution in [-0.4, -0.2) is 36.9 Å². The molecule has 4 rings (SSSR count). The minimum atomic E-state index is -0.0428. The van der Waals surface area contributed by atoms with Gasteiger partial charge < -0.3 is 9.80 Å². The number of aryl methyl sites for hydroxylation is 1. The van der Waals surface area contributed by atoms with Crippen LogP contribution in [0.25, 0.3) is 6.08 Å². The molecule has 4 nitrogen and oxygen atoms in total. The predicted molar refractivity (Wildman–Crippen MR) is 124 cm³/mol. The second-order valence-electron chi connectivity index (χ2n) is 8.73. The van der Waals surface area contributed by atoms with Gasteiger partial charge in [0.1, 0.15) is 0 Å². The third-order valence-electron chi connectivity index (χ3n) is 5.80. The molecule has 2 aromatic rings. The monoisotopic (exact) mass is 420 g/mol. The van der Waals surface area contributed by atoms with Gasteiger partial charge in [-0.15, -0.1) is 0 Å². The fraction of sp³-hybridized carbons (Fsp3) is 0.360. The highest BCUT2D eigenvalue weighted by molar-refractivity contribution is 8.04. The van der Waals surface area contributed by atoms with E-state index in [1.807, 2.05) is 54.3 Å². The Labute approximate surface area is 182 Å². The lowest BCUT2D eigenvalue weighted by Gasteiger charge is -2.35. The summed E-state index contributed by atoms with van der Waals surface area (Å²) in [5.41, 5.74) is 3.63. The van der Waals surface area contributed by atoms with E-state index in [9.17, 15) is 9.59 Å². The number of hydrogen-bond acceptors (Lipinski definition) is 3. The molecule has 0 bridgehead atoms. The predicted octanol–water partition coefficient (Wildman–Crippen LogP) is 5.22. The smallest absolute Gasteiger partial charge is 0.264 e. The van der Waals surface area contributed by atoms with E-state index >= 15 is 0 Å². The summed E-state index contributed by atoms with van der Waals surface area (Å²) in [6.07, 6.45) is 3.10. The highest BCUT2D eigenvalue weighted by atomic mass is 32.2. The first kappa shape index (κ1) is 20.7. The molecule has 0 unspecified atom stereocenters. The van der Waals surface area contributed by atoms with Crippen molar-refractivity contribution in [3.8, 4) is 0 Å². The molecule has 156 valence electrons. The number of thioether (sulfide) groups is 1. The Bertz CT molecular complexity index is 1020. The lowest BCUT2D eigenvalue weighted by molar-refractivity contribution is -0.114. The van der Waals surface area contributed by atoms with Gasteiger partial charge >= 0.3 is 0 Å². The zero-order valence-corrected chi connectivity index (χ0v) is 18.8. The Balaban J connectivity index is 1.61. The van der Waals surface area contributed by atoms with Gasteiger partial charge in [0.05, 0.1) is 10.6 Å². The number of piperidine rings is 1. The quantitative estimate of drug-likeness (QED) is 0.625. The number of carbonyl (C=O) groups excluding carboxylic acids is 2. The van der Waals surface area contributed by atoms with Gasteiger partial charge in [0.15, 0.2) is 0 Å². The van der Waals surface area contributed by atoms with Crippen LogP contribution in [0.2, 0.25) is 0 Å².